The van der Waals surface area contributed by atoms with Gasteiger partial charge in [-0.25, -0.2) is 9.78 Å². The molecule has 0 radical (unpaired) electrons. The minimum atomic E-state index is -2.47. The molecule has 72 heavy (non-hydrogen) atoms. The van der Waals surface area contributed by atoms with E-state index in [4.69, 9.17) is 14.2 Å². The lowest BCUT2D eigenvalue weighted by molar-refractivity contribution is -0.228. The number of amides is 2. The fourth-order valence-electron chi connectivity index (χ4n) is 7.91. The first-order valence-electron chi connectivity index (χ1n) is 24.9. The SMILES string of the molecule is C/C=S(\NNC(=O)N[C@H]1CC[C@@H](O[C@H]2CC[C@H](O)[C@@H](C)O2)/C=C/C=C/C=C/C=C/C=C/C=C/C=C/[C@H](C)[C@@H](O)[C@@H](C)[C@H](C)OC(=O)C[C@H](O)C[C@H](O)CC[C@@H](O)[C@H](O)C[C@H](O)CC(O)(O)CC1)c1ncn[nH]1. The summed E-state index contributed by atoms with van der Waals surface area (Å²) in [5.41, 5.74) is 2.61. The largest absolute Gasteiger partial charge is 0.462 e. The van der Waals surface area contributed by atoms with Crippen molar-refractivity contribution >= 4 is 28.0 Å². The molecular weight excluding hydrogens is 953 g/mol. The summed E-state index contributed by atoms with van der Waals surface area (Å²) in [6, 6.07) is -1.29. The van der Waals surface area contributed by atoms with Gasteiger partial charge in [-0.2, -0.15) is 9.93 Å². The number of aromatic nitrogens is 3. The summed E-state index contributed by atoms with van der Waals surface area (Å²) < 4.78 is 17.8. The van der Waals surface area contributed by atoms with Crippen molar-refractivity contribution in [1.82, 2.24) is 30.8 Å². The molecule has 2 aliphatic heterocycles. The number of ether oxygens (including phenoxy) is 3. The van der Waals surface area contributed by atoms with E-state index in [1.807, 2.05) is 92.0 Å². The van der Waals surface area contributed by atoms with Gasteiger partial charge in [-0.05, 0) is 81.8 Å². The third-order valence-corrected chi connectivity index (χ3v) is 13.8. The summed E-state index contributed by atoms with van der Waals surface area (Å²) in [7, 11) is -0.825. The molecule has 20 nitrogen and oxygen atoms in total. The third kappa shape index (κ3) is 25.2. The Hall–Kier alpha value is -4.20. The topological polar surface area (TPSA) is 322 Å². The van der Waals surface area contributed by atoms with Crippen molar-refractivity contribution in [3.8, 4) is 0 Å². The highest BCUT2D eigenvalue weighted by atomic mass is 32.2. The number of carbonyl (C=O) groups is 2. The first-order chi connectivity index (χ1) is 34.3. The Morgan fingerprint density at radius 3 is 1.99 bits per heavy atom. The van der Waals surface area contributed by atoms with Gasteiger partial charge in [0.1, 0.15) is 12.4 Å². The molecule has 3 heterocycles. The number of aromatic amines is 1. The zero-order chi connectivity index (χ0) is 53.1. The lowest BCUT2D eigenvalue weighted by Gasteiger charge is -2.33. The van der Waals surface area contributed by atoms with E-state index in [0.29, 0.717) is 24.4 Å². The standard InChI is InChI=1S/C51H82N6O14S/c1-6-72(50-52-33-53-56-50)57-55-49(66)54-38-21-23-42(71-47-26-25-43(61)37(5)70-47)20-18-16-14-12-10-8-7-9-11-13-15-17-19-34(2)48(65)35(3)36(4)69-46(64)31-40(59)29-39(58)22-24-44(62)45(63)30-41(60)32-51(67,68)28-27-38/h6-20,33-45,47-48,57-63,65,67-68H,21-32H2,1-5H3,(H,52,53,56)(H2,54,55,66)/b8-7+,11-9+,12-10+,15-13+,16-14+,19-17+,20-18+/t34-,35-,36-,37+,38-,39+,40+,41-,42-,43-,44+,45+,47-,48+,72?/m0/s1. The summed E-state index contributed by atoms with van der Waals surface area (Å²) in [4.78, 5) is 33.0. The fourth-order valence-corrected chi connectivity index (χ4v) is 8.86. The first-order valence-corrected chi connectivity index (χ1v) is 26.2. The van der Waals surface area contributed by atoms with Crippen LogP contribution in [0.1, 0.15) is 112 Å². The number of rotatable bonds is 6. The van der Waals surface area contributed by atoms with Crippen molar-refractivity contribution in [2.75, 3.05) is 0 Å². The van der Waals surface area contributed by atoms with Gasteiger partial charge in [-0.1, -0.05) is 98.9 Å². The van der Waals surface area contributed by atoms with Gasteiger partial charge < -0.3 is 65.5 Å². The molecule has 1 unspecified atom stereocenters. The first kappa shape index (κ1) is 62.1. The number of cyclic esters (lactones) is 1. The molecule has 0 aliphatic carbocycles. The van der Waals surface area contributed by atoms with Crippen molar-refractivity contribution in [3.05, 3.63) is 91.4 Å². The van der Waals surface area contributed by atoms with E-state index in [9.17, 15) is 55.5 Å². The number of carbonyl (C=O) groups excluding carboxylic acids is 2. The van der Waals surface area contributed by atoms with Gasteiger partial charge >= 0.3 is 12.0 Å². The Kier molecular flexibility index (Phi) is 29.0. The van der Waals surface area contributed by atoms with E-state index in [1.54, 1.807) is 33.1 Å². The molecule has 3 rings (SSSR count). The van der Waals surface area contributed by atoms with Crippen molar-refractivity contribution in [2.24, 2.45) is 11.8 Å². The second-order valence-corrected chi connectivity index (χ2v) is 20.3. The fraction of sp³-hybridized carbons (Fsp3) is 0.627. The van der Waals surface area contributed by atoms with Crippen LogP contribution in [0.25, 0.3) is 0 Å². The predicted molar refractivity (Wildman–Crippen MR) is 274 cm³/mol. The Balaban J connectivity index is 1.81. The van der Waals surface area contributed by atoms with Crippen molar-refractivity contribution in [3.63, 3.8) is 0 Å². The molecule has 2 aliphatic rings. The van der Waals surface area contributed by atoms with Crippen molar-refractivity contribution < 1.29 is 69.8 Å². The number of allylic oxidation sites excluding steroid dienone is 12. The molecular formula is C51H82N6O14S. The molecule has 21 heteroatoms. The lowest BCUT2D eigenvalue weighted by atomic mass is 9.89. The second-order valence-electron chi connectivity index (χ2n) is 18.6. The third-order valence-electron chi connectivity index (χ3n) is 12.4. The molecule has 13 N–H and O–H groups in total. The maximum absolute atomic E-state index is 13.3. The summed E-state index contributed by atoms with van der Waals surface area (Å²) in [6.45, 7) is 8.81. The molecule has 1 aromatic rings. The molecule has 1 fully saturated rings. The minimum Gasteiger partial charge on any atom is -0.462 e. The lowest BCUT2D eigenvalue weighted by Crippen LogP contribution is -2.47. The van der Waals surface area contributed by atoms with Crippen LogP contribution in [0.4, 0.5) is 4.79 Å². The van der Waals surface area contributed by atoms with Gasteiger partial charge in [0.2, 0.25) is 0 Å². The smallest absolute Gasteiger partial charge is 0.330 e. The van der Waals surface area contributed by atoms with Crippen LogP contribution in [0.15, 0.2) is 96.5 Å². The number of aliphatic hydroxyl groups excluding tert-OH is 7. The van der Waals surface area contributed by atoms with Crippen LogP contribution in [-0.2, 0) is 19.0 Å². The molecule has 0 spiro atoms. The van der Waals surface area contributed by atoms with Crippen LogP contribution >= 0.6 is 10.7 Å². The molecule has 0 bridgehead atoms. The molecule has 0 saturated carbocycles. The number of nitrogens with zero attached hydrogens (tertiary/aromatic N) is 2. The van der Waals surface area contributed by atoms with E-state index in [2.05, 4.69) is 30.8 Å². The van der Waals surface area contributed by atoms with E-state index < -0.39 is 127 Å². The number of hydrogen-bond acceptors (Lipinski definition) is 17. The normalized spacial score (nSPS) is 36.7. The highest BCUT2D eigenvalue weighted by Gasteiger charge is 2.33. The molecule has 2 amide bonds. The van der Waals surface area contributed by atoms with Gasteiger partial charge in [0.15, 0.2) is 17.2 Å². The van der Waals surface area contributed by atoms with Crippen LogP contribution < -0.4 is 15.6 Å². The van der Waals surface area contributed by atoms with Crippen molar-refractivity contribution in [2.45, 2.75) is 196 Å². The Labute approximate surface area is 426 Å². The van der Waals surface area contributed by atoms with Crippen LogP contribution in [0.5, 0.6) is 0 Å². The van der Waals surface area contributed by atoms with E-state index in [0.717, 1.165) is 0 Å². The Morgan fingerprint density at radius 1 is 0.750 bits per heavy atom. The molecule has 0 aromatic carbocycles. The molecule has 1 saturated heterocycles. The van der Waals surface area contributed by atoms with E-state index >= 15 is 0 Å². The summed E-state index contributed by atoms with van der Waals surface area (Å²) in [5.74, 6) is -3.89. The predicted octanol–water partition coefficient (Wildman–Crippen LogP) is 3.47. The number of hydrazine groups is 1. The maximum atomic E-state index is 13.3. The quantitative estimate of drug-likeness (QED) is 0.0840. The Morgan fingerprint density at radius 2 is 1.38 bits per heavy atom. The van der Waals surface area contributed by atoms with E-state index in [1.165, 1.54) is 6.33 Å². The van der Waals surface area contributed by atoms with Gasteiger partial charge in [0, 0.05) is 43.6 Å². The monoisotopic (exact) mass is 1030 g/mol. The highest BCUT2D eigenvalue weighted by molar-refractivity contribution is 8.13. The average Bonchev–Trinajstić information content (AvgIpc) is 3.86. The van der Waals surface area contributed by atoms with Crippen LogP contribution in [0.2, 0.25) is 0 Å². The average molecular weight is 1040 g/mol. The number of esters is 1. The summed E-state index contributed by atoms with van der Waals surface area (Å²) >= 11 is 0. The number of nitrogens with one attached hydrogen (secondary N) is 4. The zero-order valence-electron chi connectivity index (χ0n) is 42.2. The van der Waals surface area contributed by atoms with E-state index in [-0.39, 0.29) is 44.4 Å². The van der Waals surface area contributed by atoms with Crippen LogP contribution in [0.3, 0.4) is 0 Å². The second kappa shape index (κ2) is 33.6. The number of urea groups is 1. The van der Waals surface area contributed by atoms with Gasteiger partial charge in [0.05, 0.1) is 61.4 Å². The van der Waals surface area contributed by atoms with Gasteiger partial charge in [0.25, 0.3) is 0 Å². The highest BCUT2D eigenvalue weighted by Crippen LogP contribution is 2.26. The number of H-pyrrole nitrogens is 1. The molecule has 15 atom stereocenters. The summed E-state index contributed by atoms with van der Waals surface area (Å²) in [6.07, 6.45) is 16.0. The summed E-state index contributed by atoms with van der Waals surface area (Å²) in [5, 5.41) is 108. The zero-order valence-corrected chi connectivity index (χ0v) is 43.0. The van der Waals surface area contributed by atoms with Crippen molar-refractivity contribution in [1.29, 1.82) is 0 Å². The van der Waals surface area contributed by atoms with Crippen LogP contribution in [-0.4, -0.2) is 158 Å². The molecule has 1 aromatic heterocycles. The molecule has 406 valence electrons. The van der Waals surface area contributed by atoms with Gasteiger partial charge in [-0.15, -0.1) is 0 Å². The Bertz CT molecular complexity index is 1960. The number of aliphatic hydroxyl groups is 9. The number of hydrogen-bond donors (Lipinski definition) is 13. The van der Waals surface area contributed by atoms with Crippen LogP contribution in [0, 0.1) is 11.8 Å². The maximum Gasteiger partial charge on any atom is 0.330 e. The minimum absolute atomic E-state index is 0.0222. The van der Waals surface area contributed by atoms with Gasteiger partial charge in [-0.3, -0.25) is 15.3 Å².